The molecule has 3 heterocycles. The molecule has 0 saturated carbocycles. The van der Waals surface area contributed by atoms with Crippen LogP contribution in [0.2, 0.25) is 0 Å². The van der Waals surface area contributed by atoms with Crippen molar-refractivity contribution in [1.82, 2.24) is 19.9 Å². The van der Waals surface area contributed by atoms with Gasteiger partial charge in [-0.25, -0.2) is 0 Å². The number of carbonyl (C=O) groups is 1. The normalized spacial score (nSPS) is 22.2. The topological polar surface area (TPSA) is 167 Å². The van der Waals surface area contributed by atoms with Gasteiger partial charge in [-0.15, -0.1) is 0 Å². The standard InChI is InChI=1S/C16H23N9O/c1-9-5-8-25(11(26)3-6-17)16(19,20)12(9)24(2)14-10-4-7-21-13(10)22-15(18)23-14/h4,7,9,12H,3,5,8,19-20H2,1-2H3,(H3,18,21,22,23). The first-order chi connectivity index (χ1) is 12.3. The number of hydrogen-bond donors (Lipinski definition) is 4. The maximum atomic E-state index is 12.3. The van der Waals surface area contributed by atoms with E-state index in [0.29, 0.717) is 24.4 Å². The summed E-state index contributed by atoms with van der Waals surface area (Å²) in [7, 11) is 1.82. The largest absolute Gasteiger partial charge is 0.368 e. The van der Waals surface area contributed by atoms with E-state index in [9.17, 15) is 4.79 Å². The van der Waals surface area contributed by atoms with Gasteiger partial charge in [-0.05, 0) is 18.4 Å². The van der Waals surface area contributed by atoms with Gasteiger partial charge in [0.1, 0.15) is 17.9 Å². The molecule has 138 valence electrons. The summed E-state index contributed by atoms with van der Waals surface area (Å²) in [4.78, 5) is 27.1. The highest BCUT2D eigenvalue weighted by molar-refractivity contribution is 5.88. The van der Waals surface area contributed by atoms with Crippen LogP contribution in [0, 0.1) is 17.2 Å². The van der Waals surface area contributed by atoms with Crippen molar-refractivity contribution < 1.29 is 4.79 Å². The number of fused-ring (bicyclic) bond motifs is 1. The van der Waals surface area contributed by atoms with Gasteiger partial charge in [-0.3, -0.25) is 16.3 Å². The molecule has 10 nitrogen and oxygen atoms in total. The second-order valence-corrected chi connectivity index (χ2v) is 6.73. The molecule has 1 amide bonds. The van der Waals surface area contributed by atoms with Gasteiger partial charge in [0.15, 0.2) is 5.79 Å². The molecule has 7 N–H and O–H groups in total. The molecule has 0 radical (unpaired) electrons. The summed E-state index contributed by atoms with van der Waals surface area (Å²) in [6, 6.07) is 3.28. The summed E-state index contributed by atoms with van der Waals surface area (Å²) >= 11 is 0. The number of likely N-dealkylation sites (tertiary alicyclic amines) is 1. The lowest BCUT2D eigenvalue weighted by atomic mass is 9.86. The maximum absolute atomic E-state index is 12.3. The lowest BCUT2D eigenvalue weighted by molar-refractivity contribution is -0.141. The van der Waals surface area contributed by atoms with Gasteiger partial charge in [-0.2, -0.15) is 15.2 Å². The number of nitrogen functional groups attached to an aromatic ring is 1. The molecule has 2 aromatic rings. The second-order valence-electron chi connectivity index (χ2n) is 6.73. The number of amides is 1. The molecule has 1 saturated heterocycles. The van der Waals surface area contributed by atoms with Crippen molar-refractivity contribution in [2.75, 3.05) is 24.2 Å². The van der Waals surface area contributed by atoms with Crippen molar-refractivity contribution in [3.63, 3.8) is 0 Å². The quantitative estimate of drug-likeness (QED) is 0.543. The highest BCUT2D eigenvalue weighted by Crippen LogP contribution is 2.34. The number of nitriles is 1. The van der Waals surface area contributed by atoms with Gasteiger partial charge < -0.3 is 20.5 Å². The van der Waals surface area contributed by atoms with Crippen molar-refractivity contribution in [3.05, 3.63) is 12.3 Å². The molecule has 1 aliphatic rings. The van der Waals surface area contributed by atoms with Gasteiger partial charge in [0.25, 0.3) is 0 Å². The van der Waals surface area contributed by atoms with Crippen molar-refractivity contribution in [1.29, 1.82) is 5.26 Å². The van der Waals surface area contributed by atoms with E-state index < -0.39 is 11.8 Å². The van der Waals surface area contributed by atoms with Crippen LogP contribution in [0.1, 0.15) is 19.8 Å². The van der Waals surface area contributed by atoms with E-state index in [-0.39, 0.29) is 24.2 Å². The number of piperidine rings is 1. The minimum Gasteiger partial charge on any atom is -0.368 e. The molecular weight excluding hydrogens is 334 g/mol. The summed E-state index contributed by atoms with van der Waals surface area (Å²) in [5.74, 6) is -1.03. The molecule has 0 spiro atoms. The Morgan fingerprint density at radius 2 is 2.27 bits per heavy atom. The summed E-state index contributed by atoms with van der Waals surface area (Å²) in [6.07, 6.45) is 2.20. The zero-order valence-electron chi connectivity index (χ0n) is 14.8. The summed E-state index contributed by atoms with van der Waals surface area (Å²) in [5, 5.41) is 9.63. The first-order valence-corrected chi connectivity index (χ1v) is 8.36. The Morgan fingerprint density at radius 3 is 2.96 bits per heavy atom. The summed E-state index contributed by atoms with van der Waals surface area (Å²) in [5.41, 5.74) is 19.3. The highest BCUT2D eigenvalue weighted by Gasteiger charge is 2.48. The minimum atomic E-state index is -1.46. The Labute approximate surface area is 150 Å². The van der Waals surface area contributed by atoms with Gasteiger partial charge in [0.05, 0.1) is 17.5 Å². The third-order valence-corrected chi connectivity index (χ3v) is 4.98. The molecule has 2 unspecified atom stereocenters. The van der Waals surface area contributed by atoms with E-state index in [1.165, 1.54) is 4.90 Å². The van der Waals surface area contributed by atoms with Crippen LogP contribution in [0.15, 0.2) is 12.3 Å². The molecule has 0 bridgehead atoms. The highest BCUT2D eigenvalue weighted by atomic mass is 16.2. The number of hydrogen-bond acceptors (Lipinski definition) is 8. The van der Waals surface area contributed by atoms with Crippen LogP contribution in [-0.4, -0.2) is 51.2 Å². The Hall–Kier alpha value is -2.90. The SMILES string of the molecule is CC1CCN(C(=O)CC#N)C(N)(N)C1N(C)c1nc(N)nc2[nH]ccc12. The maximum Gasteiger partial charge on any atom is 0.239 e. The number of nitrogens with one attached hydrogen (secondary N) is 1. The first kappa shape index (κ1) is 17.9. The van der Waals surface area contributed by atoms with Crippen molar-refractivity contribution in [3.8, 4) is 6.07 Å². The van der Waals surface area contributed by atoms with E-state index in [4.69, 9.17) is 22.5 Å². The fourth-order valence-electron chi connectivity index (χ4n) is 3.84. The number of aromatic amines is 1. The van der Waals surface area contributed by atoms with Crippen LogP contribution in [0.25, 0.3) is 11.0 Å². The Morgan fingerprint density at radius 1 is 1.54 bits per heavy atom. The van der Waals surface area contributed by atoms with Crippen molar-refractivity contribution >= 4 is 28.7 Å². The Kier molecular flexibility index (Phi) is 4.43. The zero-order valence-corrected chi connectivity index (χ0v) is 14.8. The first-order valence-electron chi connectivity index (χ1n) is 8.36. The van der Waals surface area contributed by atoms with Gasteiger partial charge in [-0.1, -0.05) is 6.92 Å². The monoisotopic (exact) mass is 357 g/mol. The molecule has 0 aliphatic carbocycles. The zero-order chi connectivity index (χ0) is 19.1. The van der Waals surface area contributed by atoms with E-state index >= 15 is 0 Å². The number of likely N-dealkylation sites (N-methyl/N-ethyl adjacent to an activating group) is 1. The predicted octanol–water partition coefficient (Wildman–Crippen LogP) is -0.302. The number of aromatic nitrogens is 3. The third kappa shape index (κ3) is 2.81. The lowest BCUT2D eigenvalue weighted by Crippen LogP contribution is -2.78. The van der Waals surface area contributed by atoms with E-state index in [2.05, 4.69) is 15.0 Å². The average Bonchev–Trinajstić information content (AvgIpc) is 3.01. The van der Waals surface area contributed by atoms with E-state index in [0.717, 1.165) is 5.39 Å². The number of nitrogens with two attached hydrogens (primary N) is 3. The molecule has 0 aromatic carbocycles. The van der Waals surface area contributed by atoms with E-state index in [1.807, 2.05) is 31.0 Å². The van der Waals surface area contributed by atoms with Crippen LogP contribution in [0.3, 0.4) is 0 Å². The van der Waals surface area contributed by atoms with Crippen LogP contribution in [0.4, 0.5) is 11.8 Å². The number of nitrogens with zero attached hydrogens (tertiary/aromatic N) is 5. The van der Waals surface area contributed by atoms with Crippen LogP contribution >= 0.6 is 0 Å². The van der Waals surface area contributed by atoms with Crippen molar-refractivity contribution in [2.45, 2.75) is 31.6 Å². The Balaban J connectivity index is 2.03. The molecule has 10 heteroatoms. The molecule has 2 aromatic heterocycles. The van der Waals surface area contributed by atoms with Crippen LogP contribution < -0.4 is 22.1 Å². The van der Waals surface area contributed by atoms with E-state index in [1.54, 1.807) is 6.20 Å². The van der Waals surface area contributed by atoms with Crippen LogP contribution in [0.5, 0.6) is 0 Å². The van der Waals surface area contributed by atoms with Crippen LogP contribution in [-0.2, 0) is 4.79 Å². The molecule has 26 heavy (non-hydrogen) atoms. The summed E-state index contributed by atoms with van der Waals surface area (Å²) in [6.45, 7) is 2.44. The van der Waals surface area contributed by atoms with Gasteiger partial charge in [0.2, 0.25) is 11.9 Å². The molecule has 1 aliphatic heterocycles. The van der Waals surface area contributed by atoms with Crippen molar-refractivity contribution in [2.24, 2.45) is 17.4 Å². The Bertz CT molecular complexity index is 868. The van der Waals surface area contributed by atoms with Gasteiger partial charge >= 0.3 is 0 Å². The third-order valence-electron chi connectivity index (χ3n) is 4.98. The fraction of sp³-hybridized carbons (Fsp3) is 0.500. The lowest BCUT2D eigenvalue weighted by Gasteiger charge is -2.52. The molecule has 1 fully saturated rings. The number of carbonyl (C=O) groups excluding carboxylic acids is 1. The van der Waals surface area contributed by atoms with Gasteiger partial charge in [0, 0.05) is 19.8 Å². The second kappa shape index (κ2) is 6.44. The molecule has 2 atom stereocenters. The molecular formula is C16H23N9O. The number of H-pyrrole nitrogens is 1. The number of rotatable bonds is 3. The number of anilines is 2. The predicted molar refractivity (Wildman–Crippen MR) is 97.3 cm³/mol. The summed E-state index contributed by atoms with van der Waals surface area (Å²) < 4.78 is 0. The smallest absolute Gasteiger partial charge is 0.239 e. The minimum absolute atomic E-state index is 0.0892. The fourth-order valence-corrected chi connectivity index (χ4v) is 3.84. The average molecular weight is 357 g/mol. The molecule has 3 rings (SSSR count).